The molecule has 1 aromatic carbocycles. The number of thiophene rings is 1. The Morgan fingerprint density at radius 2 is 2.14 bits per heavy atom. The van der Waals surface area contributed by atoms with Crippen molar-refractivity contribution in [1.82, 2.24) is 0 Å². The first-order valence-electron chi connectivity index (χ1n) is 5.81. The minimum Gasteiger partial charge on any atom is -0.432 e. The Morgan fingerprint density at radius 3 is 2.71 bits per heavy atom. The zero-order valence-corrected chi connectivity index (χ0v) is 11.4. The van der Waals surface area contributed by atoms with Gasteiger partial charge in [0, 0.05) is 28.6 Å². The molecule has 8 heteroatoms. The number of primary amides is 1. The molecule has 0 unspecified atom stereocenters. The highest BCUT2D eigenvalue weighted by Crippen LogP contribution is 2.23. The zero-order chi connectivity index (χ0) is 15.4. The van der Waals surface area contributed by atoms with Gasteiger partial charge in [0.05, 0.1) is 5.56 Å². The molecular formula is C13H11F3N2O2S. The summed E-state index contributed by atoms with van der Waals surface area (Å²) in [6.45, 7) is -2.72. The number of anilines is 1. The van der Waals surface area contributed by atoms with Crippen LogP contribution in [0.1, 0.15) is 15.2 Å². The molecule has 3 N–H and O–H groups in total. The maximum absolute atomic E-state index is 13.5. The lowest BCUT2D eigenvalue weighted by molar-refractivity contribution is -0.0521. The van der Waals surface area contributed by atoms with Gasteiger partial charge in [-0.1, -0.05) is 0 Å². The molecule has 2 aromatic rings. The number of carbonyl (C=O) groups excluding carboxylic acids is 1. The van der Waals surface area contributed by atoms with Crippen molar-refractivity contribution in [1.29, 1.82) is 0 Å². The van der Waals surface area contributed by atoms with Crippen LogP contribution in [0.15, 0.2) is 29.6 Å². The van der Waals surface area contributed by atoms with Crippen molar-refractivity contribution in [2.75, 3.05) is 5.32 Å². The van der Waals surface area contributed by atoms with Crippen molar-refractivity contribution in [2.45, 2.75) is 13.2 Å². The molecule has 0 aliphatic heterocycles. The molecule has 21 heavy (non-hydrogen) atoms. The normalized spacial score (nSPS) is 10.7. The van der Waals surface area contributed by atoms with E-state index < -0.39 is 24.1 Å². The summed E-state index contributed by atoms with van der Waals surface area (Å²) in [6, 6.07) is 5.22. The van der Waals surface area contributed by atoms with Gasteiger partial charge in [-0.25, -0.2) is 4.39 Å². The van der Waals surface area contributed by atoms with Gasteiger partial charge in [0.1, 0.15) is 0 Å². The lowest BCUT2D eigenvalue weighted by Crippen LogP contribution is -2.09. The van der Waals surface area contributed by atoms with Crippen LogP contribution in [0.2, 0.25) is 0 Å². The monoisotopic (exact) mass is 316 g/mol. The van der Waals surface area contributed by atoms with Crippen molar-refractivity contribution >= 4 is 22.9 Å². The SMILES string of the molecule is NC(=O)c1csc(CNc2ccc(OC(F)F)c(F)c2)c1. The fourth-order valence-electron chi connectivity index (χ4n) is 1.59. The molecule has 1 amide bonds. The average Bonchev–Trinajstić information content (AvgIpc) is 2.88. The van der Waals surface area contributed by atoms with Crippen LogP contribution >= 0.6 is 11.3 Å². The standard InChI is InChI=1S/C13H11F3N2O2S/c14-10-4-8(1-2-11(10)20-13(15)16)18-5-9-3-7(6-21-9)12(17)19/h1-4,6,13,18H,5H2,(H2,17,19). The molecule has 0 aliphatic carbocycles. The van der Waals surface area contributed by atoms with Crippen molar-refractivity contribution in [3.8, 4) is 5.75 Å². The predicted octanol–water partition coefficient (Wildman–Crippen LogP) is 3.20. The van der Waals surface area contributed by atoms with E-state index in [1.54, 1.807) is 11.4 Å². The van der Waals surface area contributed by atoms with Gasteiger partial charge in [0.2, 0.25) is 5.91 Å². The number of hydrogen-bond acceptors (Lipinski definition) is 4. The number of carbonyl (C=O) groups is 1. The summed E-state index contributed by atoms with van der Waals surface area (Å²) in [5.41, 5.74) is 5.95. The van der Waals surface area contributed by atoms with E-state index in [2.05, 4.69) is 10.1 Å². The summed E-state index contributed by atoms with van der Waals surface area (Å²) in [5.74, 6) is -1.91. The summed E-state index contributed by atoms with van der Waals surface area (Å²) < 4.78 is 41.5. The topological polar surface area (TPSA) is 64.4 Å². The van der Waals surface area contributed by atoms with Gasteiger partial charge in [-0.15, -0.1) is 11.3 Å². The van der Waals surface area contributed by atoms with Crippen LogP contribution in [0.5, 0.6) is 5.75 Å². The number of nitrogens with two attached hydrogens (primary N) is 1. The zero-order valence-electron chi connectivity index (χ0n) is 10.6. The minimum absolute atomic E-state index is 0.354. The fourth-order valence-corrected chi connectivity index (χ4v) is 2.41. The molecule has 0 atom stereocenters. The molecule has 0 aliphatic rings. The van der Waals surface area contributed by atoms with Crippen molar-refractivity contribution in [3.05, 3.63) is 45.9 Å². The van der Waals surface area contributed by atoms with E-state index in [0.29, 0.717) is 17.8 Å². The van der Waals surface area contributed by atoms with Gasteiger partial charge >= 0.3 is 6.61 Å². The van der Waals surface area contributed by atoms with E-state index in [9.17, 15) is 18.0 Å². The number of nitrogens with one attached hydrogen (secondary N) is 1. The second-order valence-electron chi connectivity index (χ2n) is 4.04. The molecule has 0 saturated carbocycles. The Kier molecular flexibility index (Phi) is 4.69. The number of benzene rings is 1. The Balaban J connectivity index is 1.99. The van der Waals surface area contributed by atoms with E-state index in [1.165, 1.54) is 17.4 Å². The molecule has 1 aromatic heterocycles. The van der Waals surface area contributed by atoms with Crippen LogP contribution in [-0.4, -0.2) is 12.5 Å². The number of ether oxygens (including phenoxy) is 1. The molecule has 0 spiro atoms. The van der Waals surface area contributed by atoms with Gasteiger partial charge in [-0.05, 0) is 18.2 Å². The molecule has 4 nitrogen and oxygen atoms in total. The van der Waals surface area contributed by atoms with Crippen LogP contribution in [0.25, 0.3) is 0 Å². The van der Waals surface area contributed by atoms with Crippen LogP contribution in [-0.2, 0) is 6.54 Å². The number of amides is 1. The second kappa shape index (κ2) is 6.49. The Morgan fingerprint density at radius 1 is 1.38 bits per heavy atom. The van der Waals surface area contributed by atoms with Crippen LogP contribution in [0, 0.1) is 5.82 Å². The number of hydrogen-bond donors (Lipinski definition) is 2. The lowest BCUT2D eigenvalue weighted by atomic mass is 10.2. The molecule has 0 radical (unpaired) electrons. The Labute approximate surface area is 122 Å². The third-order valence-electron chi connectivity index (χ3n) is 2.55. The lowest BCUT2D eigenvalue weighted by Gasteiger charge is -2.08. The highest BCUT2D eigenvalue weighted by molar-refractivity contribution is 7.10. The van der Waals surface area contributed by atoms with Crippen molar-refractivity contribution < 1.29 is 22.7 Å². The third kappa shape index (κ3) is 4.12. The Hall–Kier alpha value is -2.22. The summed E-state index contributed by atoms with van der Waals surface area (Å²) in [6.07, 6.45) is 0. The first-order chi connectivity index (χ1) is 9.95. The summed E-state index contributed by atoms with van der Waals surface area (Å²) in [5, 5.41) is 4.53. The average molecular weight is 316 g/mol. The maximum atomic E-state index is 13.5. The summed E-state index contributed by atoms with van der Waals surface area (Å²) in [7, 11) is 0. The van der Waals surface area contributed by atoms with E-state index in [-0.39, 0.29) is 0 Å². The summed E-state index contributed by atoms with van der Waals surface area (Å²) in [4.78, 5) is 11.8. The maximum Gasteiger partial charge on any atom is 0.387 e. The largest absolute Gasteiger partial charge is 0.432 e. The predicted molar refractivity (Wildman–Crippen MR) is 73.2 cm³/mol. The van der Waals surface area contributed by atoms with E-state index in [4.69, 9.17) is 5.73 Å². The molecule has 2 rings (SSSR count). The second-order valence-corrected chi connectivity index (χ2v) is 5.04. The fraction of sp³-hybridized carbons (Fsp3) is 0.154. The summed E-state index contributed by atoms with van der Waals surface area (Å²) >= 11 is 1.33. The first-order valence-corrected chi connectivity index (χ1v) is 6.69. The quantitative estimate of drug-likeness (QED) is 0.860. The molecular weight excluding hydrogens is 305 g/mol. The molecule has 112 valence electrons. The van der Waals surface area contributed by atoms with Crippen molar-refractivity contribution in [3.63, 3.8) is 0 Å². The van der Waals surface area contributed by atoms with E-state index >= 15 is 0 Å². The number of rotatable bonds is 6. The first kappa shape index (κ1) is 15.2. The van der Waals surface area contributed by atoms with Crippen LogP contribution in [0.3, 0.4) is 0 Å². The van der Waals surface area contributed by atoms with Crippen LogP contribution < -0.4 is 15.8 Å². The number of alkyl halides is 2. The highest BCUT2D eigenvalue weighted by atomic mass is 32.1. The third-order valence-corrected chi connectivity index (χ3v) is 3.49. The van der Waals surface area contributed by atoms with E-state index in [1.807, 2.05) is 0 Å². The number of halogens is 3. The van der Waals surface area contributed by atoms with Crippen LogP contribution in [0.4, 0.5) is 18.9 Å². The smallest absolute Gasteiger partial charge is 0.387 e. The van der Waals surface area contributed by atoms with Gasteiger partial charge in [-0.2, -0.15) is 8.78 Å². The van der Waals surface area contributed by atoms with Gasteiger partial charge in [0.25, 0.3) is 0 Å². The van der Waals surface area contributed by atoms with Crippen molar-refractivity contribution in [2.24, 2.45) is 5.73 Å². The molecule has 0 bridgehead atoms. The molecule has 0 saturated heterocycles. The van der Waals surface area contributed by atoms with Gasteiger partial charge in [-0.3, -0.25) is 4.79 Å². The molecule has 1 heterocycles. The highest BCUT2D eigenvalue weighted by Gasteiger charge is 2.10. The van der Waals surface area contributed by atoms with E-state index in [0.717, 1.165) is 17.0 Å². The Bertz CT molecular complexity index is 646. The van der Waals surface area contributed by atoms with Gasteiger partial charge < -0.3 is 15.8 Å². The molecule has 0 fully saturated rings. The minimum atomic E-state index is -3.07. The van der Waals surface area contributed by atoms with Gasteiger partial charge in [0.15, 0.2) is 11.6 Å².